The van der Waals surface area contributed by atoms with Crippen LogP contribution in [0.25, 0.3) is 17.0 Å². The molecular formula is C18H20N2O2. The largest absolute Gasteiger partial charge is 0.462 e. The van der Waals surface area contributed by atoms with Crippen LogP contribution in [0.4, 0.5) is 0 Å². The molecule has 0 unspecified atom stereocenters. The number of benzene rings is 1. The zero-order valence-electron chi connectivity index (χ0n) is 13.0. The van der Waals surface area contributed by atoms with Crippen LogP contribution < -0.4 is 0 Å². The van der Waals surface area contributed by atoms with E-state index in [2.05, 4.69) is 6.07 Å². The standard InChI is InChI=1S/C18H20N2O2/c1-14(2)13-22-18(21)9-8-15-12-20(11-5-10-19)17-7-4-3-6-16(15)17/h3-4,6-9,12,14H,5,11,13H2,1-2H3. The van der Waals surface area contributed by atoms with Gasteiger partial charge in [0.2, 0.25) is 0 Å². The van der Waals surface area contributed by atoms with Gasteiger partial charge in [-0.05, 0) is 18.1 Å². The lowest BCUT2D eigenvalue weighted by atomic mass is 10.1. The average molecular weight is 296 g/mol. The van der Waals surface area contributed by atoms with Crippen LogP contribution >= 0.6 is 0 Å². The van der Waals surface area contributed by atoms with E-state index >= 15 is 0 Å². The minimum Gasteiger partial charge on any atom is -0.462 e. The highest BCUT2D eigenvalue weighted by molar-refractivity contribution is 5.94. The van der Waals surface area contributed by atoms with Crippen LogP contribution in [-0.4, -0.2) is 17.1 Å². The summed E-state index contributed by atoms with van der Waals surface area (Å²) in [6.07, 6.45) is 5.65. The lowest BCUT2D eigenvalue weighted by Crippen LogP contribution is -2.06. The zero-order chi connectivity index (χ0) is 15.9. The second-order valence-corrected chi connectivity index (χ2v) is 5.56. The number of esters is 1. The number of rotatable bonds is 6. The number of hydrogen-bond acceptors (Lipinski definition) is 3. The van der Waals surface area contributed by atoms with Gasteiger partial charge in [0, 0.05) is 35.3 Å². The summed E-state index contributed by atoms with van der Waals surface area (Å²) in [6, 6.07) is 10.1. The molecule has 0 saturated heterocycles. The highest BCUT2D eigenvalue weighted by atomic mass is 16.5. The summed E-state index contributed by atoms with van der Waals surface area (Å²) in [7, 11) is 0. The molecule has 22 heavy (non-hydrogen) atoms. The average Bonchev–Trinajstić information content (AvgIpc) is 2.87. The molecule has 0 bridgehead atoms. The summed E-state index contributed by atoms with van der Waals surface area (Å²) in [4.78, 5) is 11.7. The molecule has 2 rings (SSSR count). The minimum atomic E-state index is -0.331. The van der Waals surface area contributed by atoms with Crippen molar-refractivity contribution >= 4 is 22.9 Å². The number of para-hydroxylation sites is 1. The molecule has 2 aromatic rings. The Bertz CT molecular complexity index is 720. The predicted molar refractivity (Wildman–Crippen MR) is 87.0 cm³/mol. The molecule has 1 heterocycles. The van der Waals surface area contributed by atoms with Crippen LogP contribution in [0.2, 0.25) is 0 Å². The molecule has 0 N–H and O–H groups in total. The van der Waals surface area contributed by atoms with Crippen LogP contribution in [0, 0.1) is 17.2 Å². The second-order valence-electron chi connectivity index (χ2n) is 5.56. The van der Waals surface area contributed by atoms with E-state index < -0.39 is 0 Å². The summed E-state index contributed by atoms with van der Waals surface area (Å²) in [5.74, 6) is -0.00667. The lowest BCUT2D eigenvalue weighted by molar-refractivity contribution is -0.138. The number of carbonyl (C=O) groups is 1. The van der Waals surface area contributed by atoms with Gasteiger partial charge in [-0.25, -0.2) is 4.79 Å². The summed E-state index contributed by atoms with van der Waals surface area (Å²) in [6.45, 7) is 5.06. The number of carbonyl (C=O) groups excluding carboxylic acids is 1. The van der Waals surface area contributed by atoms with Gasteiger partial charge in [-0.1, -0.05) is 32.0 Å². The van der Waals surface area contributed by atoms with E-state index in [4.69, 9.17) is 10.00 Å². The van der Waals surface area contributed by atoms with Gasteiger partial charge in [-0.3, -0.25) is 0 Å². The number of aromatic nitrogens is 1. The van der Waals surface area contributed by atoms with Crippen molar-refractivity contribution in [3.8, 4) is 6.07 Å². The lowest BCUT2D eigenvalue weighted by Gasteiger charge is -2.03. The Morgan fingerprint density at radius 2 is 2.18 bits per heavy atom. The number of fused-ring (bicyclic) bond motifs is 1. The SMILES string of the molecule is CC(C)COC(=O)C=Cc1cn(CCC#N)c2ccccc12. The number of ether oxygens (including phenoxy) is 1. The molecule has 0 aliphatic rings. The first-order valence-corrected chi connectivity index (χ1v) is 7.41. The second kappa shape index (κ2) is 7.46. The van der Waals surface area contributed by atoms with Crippen molar-refractivity contribution in [3.63, 3.8) is 0 Å². The van der Waals surface area contributed by atoms with E-state index in [0.717, 1.165) is 16.5 Å². The van der Waals surface area contributed by atoms with E-state index in [1.165, 1.54) is 6.08 Å². The van der Waals surface area contributed by atoms with Gasteiger partial charge in [-0.15, -0.1) is 0 Å². The Kier molecular flexibility index (Phi) is 5.37. The van der Waals surface area contributed by atoms with E-state index in [9.17, 15) is 4.79 Å². The monoisotopic (exact) mass is 296 g/mol. The van der Waals surface area contributed by atoms with Crippen molar-refractivity contribution < 1.29 is 9.53 Å². The van der Waals surface area contributed by atoms with Gasteiger partial charge in [0.15, 0.2) is 0 Å². The van der Waals surface area contributed by atoms with E-state index in [-0.39, 0.29) is 5.97 Å². The molecule has 0 fully saturated rings. The molecule has 4 heteroatoms. The van der Waals surface area contributed by atoms with E-state index in [0.29, 0.717) is 25.5 Å². The molecule has 1 aromatic heterocycles. The first-order valence-electron chi connectivity index (χ1n) is 7.41. The van der Waals surface area contributed by atoms with Gasteiger partial charge in [-0.2, -0.15) is 5.26 Å². The molecular weight excluding hydrogens is 276 g/mol. The molecule has 0 radical (unpaired) electrons. The Morgan fingerprint density at radius 3 is 2.91 bits per heavy atom. The van der Waals surface area contributed by atoms with Crippen LogP contribution in [0.5, 0.6) is 0 Å². The maximum Gasteiger partial charge on any atom is 0.330 e. The predicted octanol–water partition coefficient (Wildman–Crippen LogP) is 3.77. The maximum atomic E-state index is 11.7. The first kappa shape index (κ1) is 15.8. The van der Waals surface area contributed by atoms with E-state index in [1.807, 2.05) is 48.9 Å². The van der Waals surface area contributed by atoms with Crippen molar-refractivity contribution in [2.24, 2.45) is 5.92 Å². The highest BCUT2D eigenvalue weighted by Crippen LogP contribution is 2.22. The Labute approximate surface area is 130 Å². The van der Waals surface area contributed by atoms with E-state index in [1.54, 1.807) is 6.08 Å². The van der Waals surface area contributed by atoms with Crippen molar-refractivity contribution in [2.75, 3.05) is 6.61 Å². The number of hydrogen-bond donors (Lipinski definition) is 0. The molecule has 0 saturated carbocycles. The summed E-state index contributed by atoms with van der Waals surface area (Å²) in [5.41, 5.74) is 2.02. The van der Waals surface area contributed by atoms with Gasteiger partial charge in [0.05, 0.1) is 19.1 Å². The van der Waals surface area contributed by atoms with Gasteiger partial charge < -0.3 is 9.30 Å². The smallest absolute Gasteiger partial charge is 0.330 e. The third-order valence-corrected chi connectivity index (χ3v) is 3.24. The zero-order valence-corrected chi connectivity index (χ0v) is 13.0. The number of nitrogens with zero attached hydrogens (tertiary/aromatic N) is 2. The third kappa shape index (κ3) is 3.98. The van der Waals surface area contributed by atoms with Crippen molar-refractivity contribution in [1.29, 1.82) is 5.26 Å². The summed E-state index contributed by atoms with van der Waals surface area (Å²) < 4.78 is 7.17. The van der Waals surface area contributed by atoms with Gasteiger partial charge in [0.1, 0.15) is 0 Å². The molecule has 4 nitrogen and oxygen atoms in total. The van der Waals surface area contributed by atoms with Crippen LogP contribution in [0.3, 0.4) is 0 Å². The number of aryl methyl sites for hydroxylation is 1. The van der Waals surface area contributed by atoms with Crippen LogP contribution in [0.1, 0.15) is 25.8 Å². The van der Waals surface area contributed by atoms with Crippen molar-refractivity contribution in [3.05, 3.63) is 42.1 Å². The first-order chi connectivity index (χ1) is 10.6. The molecule has 0 atom stereocenters. The summed E-state index contributed by atoms with van der Waals surface area (Å²) >= 11 is 0. The Hall–Kier alpha value is -2.54. The highest BCUT2D eigenvalue weighted by Gasteiger charge is 2.06. The summed E-state index contributed by atoms with van der Waals surface area (Å²) in [5, 5.41) is 9.81. The number of nitriles is 1. The van der Waals surface area contributed by atoms with Gasteiger partial charge in [0.25, 0.3) is 0 Å². The Morgan fingerprint density at radius 1 is 1.41 bits per heavy atom. The fourth-order valence-electron chi connectivity index (χ4n) is 2.22. The molecule has 0 aliphatic carbocycles. The molecule has 114 valence electrons. The van der Waals surface area contributed by atoms with Crippen molar-refractivity contribution in [1.82, 2.24) is 4.57 Å². The fourth-order valence-corrected chi connectivity index (χ4v) is 2.22. The molecule has 0 aliphatic heterocycles. The van der Waals surface area contributed by atoms with Gasteiger partial charge >= 0.3 is 5.97 Å². The normalized spacial score (nSPS) is 11.2. The maximum absolute atomic E-state index is 11.7. The molecule has 1 aromatic carbocycles. The quantitative estimate of drug-likeness (QED) is 0.602. The molecule has 0 amide bonds. The van der Waals surface area contributed by atoms with Crippen LogP contribution in [-0.2, 0) is 16.1 Å². The minimum absolute atomic E-state index is 0.324. The fraction of sp³-hybridized carbons (Fsp3) is 0.333. The van der Waals surface area contributed by atoms with Crippen LogP contribution in [0.15, 0.2) is 36.5 Å². The Balaban J connectivity index is 2.20. The topological polar surface area (TPSA) is 55.0 Å². The van der Waals surface area contributed by atoms with Crippen molar-refractivity contribution in [2.45, 2.75) is 26.8 Å². The third-order valence-electron chi connectivity index (χ3n) is 3.24. The molecule has 0 spiro atoms.